The van der Waals surface area contributed by atoms with E-state index in [1.165, 1.54) is 0 Å². The van der Waals surface area contributed by atoms with Gasteiger partial charge in [0.25, 0.3) is 0 Å². The van der Waals surface area contributed by atoms with Gasteiger partial charge < -0.3 is 25.4 Å². The standard InChI is InChI=1S/C32H31NO5S/c33-18-22-3-1-4-25(15-22)26-5-2-6-27(16-26)32-37-28(20-39-29-13-11-24(12-14-29)31(35)36)17-30(38-32)23-9-7-21(19-34)8-10-23/h1-16,28,30,32,34H,17-20,33H2,(H,35,36)/t28-,30+,32+/m1/s1. The molecule has 0 spiro atoms. The van der Waals surface area contributed by atoms with Gasteiger partial charge in [0.05, 0.1) is 24.4 Å². The molecule has 0 unspecified atom stereocenters. The minimum atomic E-state index is -0.936. The molecule has 1 aliphatic rings. The summed E-state index contributed by atoms with van der Waals surface area (Å²) >= 11 is 1.63. The summed E-state index contributed by atoms with van der Waals surface area (Å²) in [6.07, 6.45) is -0.160. The molecule has 200 valence electrons. The van der Waals surface area contributed by atoms with E-state index in [1.807, 2.05) is 60.7 Å². The van der Waals surface area contributed by atoms with Crippen LogP contribution in [0.15, 0.2) is 102 Å². The number of benzene rings is 4. The molecule has 7 heteroatoms. The van der Waals surface area contributed by atoms with Gasteiger partial charge in [-0.05, 0) is 64.2 Å². The molecule has 39 heavy (non-hydrogen) atoms. The van der Waals surface area contributed by atoms with Crippen LogP contribution in [-0.2, 0) is 22.6 Å². The maximum absolute atomic E-state index is 11.2. The van der Waals surface area contributed by atoms with Crippen molar-refractivity contribution in [3.8, 4) is 11.1 Å². The van der Waals surface area contributed by atoms with Crippen molar-refractivity contribution in [1.29, 1.82) is 0 Å². The second kappa shape index (κ2) is 12.6. The van der Waals surface area contributed by atoms with Crippen LogP contribution in [0.3, 0.4) is 0 Å². The van der Waals surface area contributed by atoms with Gasteiger partial charge >= 0.3 is 5.97 Å². The Morgan fingerprint density at radius 3 is 2.26 bits per heavy atom. The lowest BCUT2D eigenvalue weighted by Crippen LogP contribution is -2.31. The van der Waals surface area contributed by atoms with Crippen LogP contribution in [0.2, 0.25) is 0 Å². The molecule has 6 nitrogen and oxygen atoms in total. The molecule has 0 amide bonds. The molecule has 0 radical (unpaired) electrons. The number of aliphatic hydroxyl groups excluding tert-OH is 1. The zero-order valence-corrected chi connectivity index (χ0v) is 22.2. The Labute approximate surface area is 232 Å². The number of carboxylic acid groups (broad SMARTS) is 1. The third-order valence-corrected chi connectivity index (χ3v) is 7.95. The lowest BCUT2D eigenvalue weighted by molar-refractivity contribution is -0.245. The number of nitrogens with two attached hydrogens (primary N) is 1. The highest BCUT2D eigenvalue weighted by Gasteiger charge is 2.32. The molecule has 0 aromatic heterocycles. The minimum absolute atomic E-state index is 0.00434. The first-order valence-electron chi connectivity index (χ1n) is 12.9. The van der Waals surface area contributed by atoms with E-state index in [2.05, 4.69) is 24.3 Å². The van der Waals surface area contributed by atoms with E-state index in [-0.39, 0.29) is 24.4 Å². The lowest BCUT2D eigenvalue weighted by atomic mass is 9.99. The highest BCUT2D eigenvalue weighted by Crippen LogP contribution is 2.40. The van der Waals surface area contributed by atoms with Gasteiger partial charge in [-0.25, -0.2) is 4.79 Å². The van der Waals surface area contributed by atoms with Crippen molar-refractivity contribution in [2.24, 2.45) is 5.73 Å². The van der Waals surface area contributed by atoms with Crippen molar-refractivity contribution in [3.63, 3.8) is 0 Å². The van der Waals surface area contributed by atoms with Gasteiger partial charge in [0.1, 0.15) is 0 Å². The van der Waals surface area contributed by atoms with Gasteiger partial charge in [-0.15, -0.1) is 11.8 Å². The SMILES string of the molecule is NCc1cccc(-c2cccc([C@H]3O[C@@H](CSc4ccc(C(=O)O)cc4)C[C@@H](c4ccc(CO)cc4)O3)c2)c1. The van der Waals surface area contributed by atoms with E-state index >= 15 is 0 Å². The summed E-state index contributed by atoms with van der Waals surface area (Å²) in [5.74, 6) is -0.246. The molecule has 1 saturated heterocycles. The van der Waals surface area contributed by atoms with Crippen molar-refractivity contribution in [2.45, 2.75) is 43.0 Å². The fourth-order valence-electron chi connectivity index (χ4n) is 4.65. The van der Waals surface area contributed by atoms with E-state index in [1.54, 1.807) is 23.9 Å². The molecular formula is C32H31NO5S. The van der Waals surface area contributed by atoms with Gasteiger partial charge in [0.15, 0.2) is 6.29 Å². The van der Waals surface area contributed by atoms with Crippen LogP contribution in [-0.4, -0.2) is 28.0 Å². The Balaban J connectivity index is 1.38. The molecule has 0 saturated carbocycles. The van der Waals surface area contributed by atoms with Crippen molar-refractivity contribution in [1.82, 2.24) is 0 Å². The Morgan fingerprint density at radius 2 is 1.56 bits per heavy atom. The fourth-order valence-corrected chi connectivity index (χ4v) is 5.57. The summed E-state index contributed by atoms with van der Waals surface area (Å²) in [6, 6.07) is 31.2. The number of aromatic carboxylic acids is 1. The summed E-state index contributed by atoms with van der Waals surface area (Å²) in [5, 5.41) is 18.6. The second-order valence-electron chi connectivity index (χ2n) is 9.52. The average Bonchev–Trinajstić information content (AvgIpc) is 3.00. The first-order chi connectivity index (χ1) is 19.0. The van der Waals surface area contributed by atoms with Gasteiger partial charge in [-0.2, -0.15) is 0 Å². The summed E-state index contributed by atoms with van der Waals surface area (Å²) in [6.45, 7) is 0.479. The summed E-state index contributed by atoms with van der Waals surface area (Å²) in [5.41, 5.74) is 12.2. The number of aliphatic hydroxyl groups is 1. The van der Waals surface area contributed by atoms with E-state index in [0.717, 1.165) is 38.3 Å². The second-order valence-corrected chi connectivity index (χ2v) is 10.6. The Hall–Kier alpha value is -3.46. The van der Waals surface area contributed by atoms with Gasteiger partial charge in [0.2, 0.25) is 0 Å². The van der Waals surface area contributed by atoms with E-state index in [9.17, 15) is 15.0 Å². The minimum Gasteiger partial charge on any atom is -0.478 e. The van der Waals surface area contributed by atoms with Gasteiger partial charge in [-0.3, -0.25) is 0 Å². The Morgan fingerprint density at radius 1 is 0.846 bits per heavy atom. The zero-order chi connectivity index (χ0) is 27.2. The summed E-state index contributed by atoms with van der Waals surface area (Å²) < 4.78 is 13.0. The number of rotatable bonds is 9. The van der Waals surface area contributed by atoms with Crippen molar-refractivity contribution in [2.75, 3.05) is 5.75 Å². The number of carboxylic acids is 1. The van der Waals surface area contributed by atoms with Crippen LogP contribution in [0.4, 0.5) is 0 Å². The Kier molecular flexibility index (Phi) is 8.76. The van der Waals surface area contributed by atoms with E-state index in [0.29, 0.717) is 18.7 Å². The molecular weight excluding hydrogens is 510 g/mol. The molecule has 3 atom stereocenters. The van der Waals surface area contributed by atoms with Crippen LogP contribution < -0.4 is 5.73 Å². The molecule has 0 bridgehead atoms. The van der Waals surface area contributed by atoms with Crippen molar-refractivity contribution >= 4 is 17.7 Å². The van der Waals surface area contributed by atoms with Gasteiger partial charge in [-0.1, -0.05) is 60.7 Å². The topological polar surface area (TPSA) is 102 Å². The summed E-state index contributed by atoms with van der Waals surface area (Å²) in [7, 11) is 0. The van der Waals surface area contributed by atoms with E-state index < -0.39 is 12.3 Å². The van der Waals surface area contributed by atoms with Crippen LogP contribution in [0.5, 0.6) is 0 Å². The Bertz CT molecular complexity index is 1410. The van der Waals surface area contributed by atoms with Crippen LogP contribution in [0.25, 0.3) is 11.1 Å². The fraction of sp³-hybridized carbons (Fsp3) is 0.219. The predicted octanol–water partition coefficient (Wildman–Crippen LogP) is 6.34. The van der Waals surface area contributed by atoms with Crippen molar-refractivity contribution in [3.05, 3.63) is 125 Å². The maximum Gasteiger partial charge on any atom is 0.335 e. The van der Waals surface area contributed by atoms with Crippen LogP contribution in [0, 0.1) is 0 Å². The van der Waals surface area contributed by atoms with Gasteiger partial charge in [0, 0.05) is 29.2 Å². The van der Waals surface area contributed by atoms with Crippen LogP contribution in [0.1, 0.15) is 51.4 Å². The molecule has 4 N–H and O–H groups in total. The average molecular weight is 542 g/mol. The normalized spacial score (nSPS) is 19.1. The molecule has 1 aliphatic heterocycles. The first kappa shape index (κ1) is 27.1. The molecule has 5 rings (SSSR count). The predicted molar refractivity (Wildman–Crippen MR) is 152 cm³/mol. The first-order valence-corrected chi connectivity index (χ1v) is 13.9. The lowest BCUT2D eigenvalue weighted by Gasteiger charge is -2.36. The largest absolute Gasteiger partial charge is 0.478 e. The third kappa shape index (κ3) is 6.76. The summed E-state index contributed by atoms with van der Waals surface area (Å²) in [4.78, 5) is 12.2. The number of thioether (sulfide) groups is 1. The third-order valence-electron chi connectivity index (χ3n) is 6.81. The molecule has 4 aromatic carbocycles. The van der Waals surface area contributed by atoms with Crippen LogP contribution >= 0.6 is 11.8 Å². The molecule has 0 aliphatic carbocycles. The molecule has 1 fully saturated rings. The number of hydrogen-bond acceptors (Lipinski definition) is 6. The highest BCUT2D eigenvalue weighted by atomic mass is 32.2. The zero-order valence-electron chi connectivity index (χ0n) is 21.4. The molecule has 4 aromatic rings. The number of ether oxygens (including phenoxy) is 2. The number of hydrogen-bond donors (Lipinski definition) is 3. The van der Waals surface area contributed by atoms with E-state index in [4.69, 9.17) is 15.2 Å². The highest BCUT2D eigenvalue weighted by molar-refractivity contribution is 7.99. The monoisotopic (exact) mass is 541 g/mol. The van der Waals surface area contributed by atoms with Crippen molar-refractivity contribution < 1.29 is 24.5 Å². The smallest absolute Gasteiger partial charge is 0.335 e. The molecule has 1 heterocycles. The number of carbonyl (C=O) groups is 1. The maximum atomic E-state index is 11.2. The quantitative estimate of drug-likeness (QED) is 0.213.